The number of hydrogen-bond donors (Lipinski definition) is 1. The van der Waals surface area contributed by atoms with Crippen LogP contribution in [0.5, 0.6) is 0 Å². The quantitative estimate of drug-likeness (QED) is 0.784. The fraction of sp³-hybridized carbons (Fsp3) is 0.562. The lowest BCUT2D eigenvalue weighted by atomic mass is 9.90. The summed E-state index contributed by atoms with van der Waals surface area (Å²) in [6.45, 7) is 2.16. The summed E-state index contributed by atoms with van der Waals surface area (Å²) in [4.78, 5) is 2.15. The molecular formula is C16H23N3O. The molecule has 1 aliphatic carbocycles. The summed E-state index contributed by atoms with van der Waals surface area (Å²) in [6.07, 6.45) is 2.33. The maximum atomic E-state index is 9.81. The molecule has 0 aliphatic heterocycles. The van der Waals surface area contributed by atoms with Gasteiger partial charge in [-0.1, -0.05) is 30.3 Å². The fourth-order valence-electron chi connectivity index (χ4n) is 2.38. The lowest BCUT2D eigenvalue weighted by Crippen LogP contribution is -2.50. The first kappa shape index (κ1) is 15.0. The summed E-state index contributed by atoms with van der Waals surface area (Å²) in [5, 5.41) is 13.3. The van der Waals surface area contributed by atoms with Crippen LogP contribution in [-0.4, -0.2) is 44.8 Å². The van der Waals surface area contributed by atoms with Crippen LogP contribution in [0.15, 0.2) is 30.3 Å². The Kier molecular flexibility index (Phi) is 5.13. The monoisotopic (exact) mass is 273 g/mol. The highest BCUT2D eigenvalue weighted by atomic mass is 16.5. The van der Waals surface area contributed by atoms with Gasteiger partial charge in [0.2, 0.25) is 0 Å². The smallest absolute Gasteiger partial charge is 0.145 e. The summed E-state index contributed by atoms with van der Waals surface area (Å²) >= 11 is 0. The highest BCUT2D eigenvalue weighted by molar-refractivity contribution is 5.32. The summed E-state index contributed by atoms with van der Waals surface area (Å²) < 4.78 is 5.11. The Hall–Kier alpha value is -1.41. The van der Waals surface area contributed by atoms with Gasteiger partial charge in [-0.05, 0) is 25.5 Å². The van der Waals surface area contributed by atoms with Crippen molar-refractivity contribution in [2.45, 2.75) is 24.4 Å². The molecule has 1 saturated carbocycles. The van der Waals surface area contributed by atoms with Crippen molar-refractivity contribution in [2.24, 2.45) is 0 Å². The molecule has 20 heavy (non-hydrogen) atoms. The van der Waals surface area contributed by atoms with E-state index in [0.717, 1.165) is 24.9 Å². The molecule has 1 aromatic rings. The van der Waals surface area contributed by atoms with Gasteiger partial charge in [0.25, 0.3) is 0 Å². The molecule has 1 fully saturated rings. The molecule has 0 aromatic heterocycles. The van der Waals surface area contributed by atoms with Gasteiger partial charge in [-0.15, -0.1) is 0 Å². The average molecular weight is 273 g/mol. The Balaban J connectivity index is 2.16. The molecule has 0 bridgehead atoms. The number of nitrogens with one attached hydrogen (secondary N) is 1. The number of nitrogens with zero attached hydrogens (tertiary/aromatic N) is 2. The van der Waals surface area contributed by atoms with Crippen LogP contribution in [0.25, 0.3) is 0 Å². The lowest BCUT2D eigenvalue weighted by Gasteiger charge is -2.33. The topological polar surface area (TPSA) is 48.3 Å². The highest BCUT2D eigenvalue weighted by Crippen LogP contribution is 2.29. The Bertz CT molecular complexity index is 453. The van der Waals surface area contributed by atoms with Crippen LogP contribution in [0, 0.1) is 11.3 Å². The number of methoxy groups -OCH3 is 1. The zero-order chi connectivity index (χ0) is 14.4. The maximum Gasteiger partial charge on any atom is 0.145 e. The van der Waals surface area contributed by atoms with E-state index in [1.54, 1.807) is 7.11 Å². The summed E-state index contributed by atoms with van der Waals surface area (Å²) in [5.41, 5.74) is 0.406. The second kappa shape index (κ2) is 6.85. The molecule has 1 N–H and O–H groups in total. The van der Waals surface area contributed by atoms with E-state index >= 15 is 0 Å². The molecule has 0 radical (unpaired) electrons. The van der Waals surface area contributed by atoms with Crippen molar-refractivity contribution in [1.82, 2.24) is 10.2 Å². The second-order valence-corrected chi connectivity index (χ2v) is 5.53. The molecular weight excluding hydrogens is 250 g/mol. The van der Waals surface area contributed by atoms with E-state index in [0.29, 0.717) is 19.2 Å². The number of nitriles is 1. The van der Waals surface area contributed by atoms with E-state index in [1.807, 2.05) is 37.4 Å². The van der Waals surface area contributed by atoms with Gasteiger partial charge in [0.05, 0.1) is 12.7 Å². The summed E-state index contributed by atoms with van der Waals surface area (Å²) in [5.74, 6) is 0. The molecule has 0 spiro atoms. The summed E-state index contributed by atoms with van der Waals surface area (Å²) in [6, 6.07) is 13.0. The van der Waals surface area contributed by atoms with Crippen LogP contribution in [0.1, 0.15) is 18.4 Å². The van der Waals surface area contributed by atoms with Crippen LogP contribution in [-0.2, 0) is 10.3 Å². The Morgan fingerprint density at radius 1 is 1.40 bits per heavy atom. The number of ether oxygens (including phenoxy) is 1. The van der Waals surface area contributed by atoms with Gasteiger partial charge in [0.1, 0.15) is 5.54 Å². The van der Waals surface area contributed by atoms with Gasteiger partial charge >= 0.3 is 0 Å². The number of hydrogen-bond acceptors (Lipinski definition) is 4. The van der Waals surface area contributed by atoms with Gasteiger partial charge < -0.3 is 9.64 Å². The van der Waals surface area contributed by atoms with E-state index in [1.165, 1.54) is 0 Å². The van der Waals surface area contributed by atoms with Gasteiger partial charge in [0, 0.05) is 26.2 Å². The van der Waals surface area contributed by atoms with Crippen LogP contribution in [0.3, 0.4) is 0 Å². The van der Waals surface area contributed by atoms with Gasteiger partial charge in [-0.25, -0.2) is 0 Å². The predicted octanol–water partition coefficient (Wildman–Crippen LogP) is 1.74. The van der Waals surface area contributed by atoms with Gasteiger partial charge in [-0.2, -0.15) is 5.26 Å². The van der Waals surface area contributed by atoms with Crippen molar-refractivity contribution in [3.63, 3.8) is 0 Å². The van der Waals surface area contributed by atoms with Crippen molar-refractivity contribution in [2.75, 3.05) is 33.9 Å². The first-order chi connectivity index (χ1) is 9.70. The standard InChI is InChI=1S/C16H23N3O/c1-19(10-11-20-2)13-16(12-17,18-15-8-9-15)14-6-4-3-5-7-14/h3-7,15,18H,8-11,13H2,1-2H3. The fourth-order valence-corrected chi connectivity index (χ4v) is 2.38. The first-order valence-corrected chi connectivity index (χ1v) is 7.12. The average Bonchev–Trinajstić information content (AvgIpc) is 3.29. The van der Waals surface area contributed by atoms with Crippen LogP contribution >= 0.6 is 0 Å². The van der Waals surface area contributed by atoms with Gasteiger partial charge in [0.15, 0.2) is 0 Å². The number of rotatable bonds is 8. The molecule has 108 valence electrons. The Morgan fingerprint density at radius 3 is 2.65 bits per heavy atom. The van der Waals surface area contributed by atoms with Crippen LogP contribution in [0.4, 0.5) is 0 Å². The number of benzene rings is 1. The molecule has 0 saturated heterocycles. The zero-order valence-electron chi connectivity index (χ0n) is 12.3. The van der Waals surface area contributed by atoms with Crippen molar-refractivity contribution in [1.29, 1.82) is 5.26 Å². The van der Waals surface area contributed by atoms with Crippen molar-refractivity contribution in [3.05, 3.63) is 35.9 Å². The normalized spacial score (nSPS) is 17.7. The third-order valence-electron chi connectivity index (χ3n) is 3.67. The largest absolute Gasteiger partial charge is 0.383 e. The van der Waals surface area contributed by atoms with Crippen LogP contribution < -0.4 is 5.32 Å². The molecule has 0 amide bonds. The molecule has 4 nitrogen and oxygen atoms in total. The van der Waals surface area contributed by atoms with Crippen molar-refractivity contribution in [3.8, 4) is 6.07 Å². The van der Waals surface area contributed by atoms with E-state index < -0.39 is 5.54 Å². The maximum absolute atomic E-state index is 9.81. The third-order valence-corrected chi connectivity index (χ3v) is 3.67. The van der Waals surface area contributed by atoms with Gasteiger partial charge in [-0.3, -0.25) is 5.32 Å². The minimum atomic E-state index is -0.634. The molecule has 1 aliphatic rings. The first-order valence-electron chi connectivity index (χ1n) is 7.12. The lowest BCUT2D eigenvalue weighted by molar-refractivity contribution is 0.147. The van der Waals surface area contributed by atoms with Crippen molar-refractivity contribution < 1.29 is 4.74 Å². The Labute approximate surface area is 121 Å². The Morgan fingerprint density at radius 2 is 2.10 bits per heavy atom. The molecule has 4 heteroatoms. The van der Waals surface area contributed by atoms with E-state index in [9.17, 15) is 5.26 Å². The van der Waals surface area contributed by atoms with Crippen LogP contribution in [0.2, 0.25) is 0 Å². The number of likely N-dealkylation sites (N-methyl/N-ethyl adjacent to an activating group) is 1. The van der Waals surface area contributed by atoms with E-state index in [4.69, 9.17) is 4.74 Å². The minimum Gasteiger partial charge on any atom is -0.383 e. The summed E-state index contributed by atoms with van der Waals surface area (Å²) in [7, 11) is 3.73. The molecule has 2 rings (SSSR count). The molecule has 1 unspecified atom stereocenters. The predicted molar refractivity (Wildman–Crippen MR) is 79.3 cm³/mol. The molecule has 1 atom stereocenters. The second-order valence-electron chi connectivity index (χ2n) is 5.53. The highest BCUT2D eigenvalue weighted by Gasteiger charge is 2.38. The SMILES string of the molecule is COCCN(C)CC(C#N)(NC1CC1)c1ccccc1. The van der Waals surface area contributed by atoms with Crippen molar-refractivity contribution >= 4 is 0 Å². The minimum absolute atomic E-state index is 0.477. The van der Waals surface area contributed by atoms with E-state index in [-0.39, 0.29) is 0 Å². The molecule has 1 aromatic carbocycles. The third kappa shape index (κ3) is 3.80. The molecule has 0 heterocycles. The van der Waals surface area contributed by atoms with E-state index in [2.05, 4.69) is 16.3 Å². The zero-order valence-corrected chi connectivity index (χ0v) is 12.3.